The van der Waals surface area contributed by atoms with Crippen LogP contribution in [0.5, 0.6) is 23.3 Å². The highest BCUT2D eigenvalue weighted by atomic mass is 127. The van der Waals surface area contributed by atoms with Gasteiger partial charge in [0.25, 0.3) is 0 Å². The van der Waals surface area contributed by atoms with Crippen molar-refractivity contribution in [1.82, 2.24) is 4.57 Å². The predicted molar refractivity (Wildman–Crippen MR) is 98.8 cm³/mol. The van der Waals surface area contributed by atoms with Gasteiger partial charge in [-0.05, 0) is 41.5 Å². The lowest BCUT2D eigenvalue weighted by atomic mass is 9.73. The summed E-state index contributed by atoms with van der Waals surface area (Å²) >= 11 is 2.17. The smallest absolute Gasteiger partial charge is 0.202 e. The van der Waals surface area contributed by atoms with E-state index in [-0.39, 0.29) is 23.6 Å². The van der Waals surface area contributed by atoms with E-state index < -0.39 is 0 Å². The van der Waals surface area contributed by atoms with Crippen molar-refractivity contribution >= 4 is 22.6 Å². The third-order valence-corrected chi connectivity index (χ3v) is 5.84. The zero-order valence-electron chi connectivity index (χ0n) is 13.4. The molecule has 2 atom stereocenters. The number of rotatable bonds is 3. The highest BCUT2D eigenvalue weighted by Crippen LogP contribution is 2.55. The van der Waals surface area contributed by atoms with Gasteiger partial charge >= 0.3 is 0 Å². The summed E-state index contributed by atoms with van der Waals surface area (Å²) in [5.74, 6) is 1.73. The number of halogens is 1. The van der Waals surface area contributed by atoms with E-state index in [9.17, 15) is 10.2 Å². The first-order valence-electron chi connectivity index (χ1n) is 7.83. The average molecular weight is 439 g/mol. The van der Waals surface area contributed by atoms with Crippen LogP contribution in [0, 0.1) is 3.57 Å². The largest absolute Gasteiger partial charge is 0.496 e. The lowest BCUT2D eigenvalue weighted by Gasteiger charge is -2.30. The quantitative estimate of drug-likeness (QED) is 0.560. The number of aromatic nitrogens is 1. The van der Waals surface area contributed by atoms with E-state index in [4.69, 9.17) is 9.47 Å². The molecule has 0 unspecified atom stereocenters. The molecule has 2 aromatic rings. The zero-order valence-corrected chi connectivity index (χ0v) is 15.6. The van der Waals surface area contributed by atoms with Crippen molar-refractivity contribution in [3.05, 3.63) is 39.0 Å². The van der Waals surface area contributed by atoms with Crippen LogP contribution in [0.4, 0.5) is 0 Å². The SMILES string of the molecule is COc1cc(-n2c(O)c3c(c2O)[C@H]2C=C[C@@H]3CC2)c(OC)cc1I. The Labute approximate surface area is 153 Å². The summed E-state index contributed by atoms with van der Waals surface area (Å²) < 4.78 is 13.2. The zero-order chi connectivity index (χ0) is 17.0. The maximum absolute atomic E-state index is 10.9. The molecule has 0 fully saturated rings. The van der Waals surface area contributed by atoms with Gasteiger partial charge in [-0.15, -0.1) is 0 Å². The number of nitrogens with zero attached hydrogens (tertiary/aromatic N) is 1. The van der Waals surface area contributed by atoms with Crippen LogP contribution in [0.25, 0.3) is 5.69 Å². The highest BCUT2D eigenvalue weighted by molar-refractivity contribution is 14.1. The van der Waals surface area contributed by atoms with Crippen LogP contribution in [0.15, 0.2) is 24.3 Å². The molecule has 3 aliphatic rings. The standard InChI is InChI=1S/C18H18INO4/c1-23-13-8-12(14(24-2)7-11(13)19)20-17(21)15-9-3-4-10(6-5-9)16(15)18(20)22/h3-4,7-10,21-22H,5-6H2,1-2H3/t9-,10+. The highest BCUT2D eigenvalue weighted by Gasteiger charge is 2.38. The predicted octanol–water partition coefficient (Wildman–Crippen LogP) is 4.04. The third kappa shape index (κ3) is 2.05. The van der Waals surface area contributed by atoms with E-state index in [1.165, 1.54) is 4.57 Å². The van der Waals surface area contributed by atoms with Crippen molar-refractivity contribution in [2.24, 2.45) is 0 Å². The minimum absolute atomic E-state index is 0.0862. The second-order valence-corrected chi connectivity index (χ2v) is 7.31. The second-order valence-electron chi connectivity index (χ2n) is 6.14. The first-order chi connectivity index (χ1) is 11.6. The van der Waals surface area contributed by atoms with Crippen LogP contribution in [-0.2, 0) is 0 Å². The first-order valence-corrected chi connectivity index (χ1v) is 8.91. The number of methoxy groups -OCH3 is 2. The molecule has 24 heavy (non-hydrogen) atoms. The molecule has 0 saturated carbocycles. The van der Waals surface area contributed by atoms with Crippen molar-refractivity contribution in [2.45, 2.75) is 24.7 Å². The fourth-order valence-corrected chi connectivity index (χ4v) is 4.52. The van der Waals surface area contributed by atoms with E-state index >= 15 is 0 Å². The van der Waals surface area contributed by atoms with E-state index in [0.29, 0.717) is 17.2 Å². The summed E-state index contributed by atoms with van der Waals surface area (Å²) in [6, 6.07) is 3.61. The molecule has 2 bridgehead atoms. The van der Waals surface area contributed by atoms with Gasteiger partial charge in [0.05, 0.1) is 23.5 Å². The second kappa shape index (κ2) is 5.61. The fraction of sp³-hybridized carbons (Fsp3) is 0.333. The topological polar surface area (TPSA) is 63.9 Å². The Bertz CT molecular complexity index is 818. The number of allylic oxidation sites excluding steroid dienone is 2. The molecule has 0 aliphatic heterocycles. The normalized spacial score (nSPS) is 21.0. The number of benzene rings is 1. The molecular formula is C18H18INO4. The van der Waals surface area contributed by atoms with Crippen molar-refractivity contribution in [1.29, 1.82) is 0 Å². The molecule has 5 nitrogen and oxygen atoms in total. The van der Waals surface area contributed by atoms with Crippen LogP contribution in [0.1, 0.15) is 35.8 Å². The Morgan fingerprint density at radius 1 is 0.958 bits per heavy atom. The van der Waals surface area contributed by atoms with Crippen molar-refractivity contribution in [3.63, 3.8) is 0 Å². The summed E-state index contributed by atoms with van der Waals surface area (Å²) in [5, 5.41) is 21.7. The molecule has 6 heteroatoms. The van der Waals surface area contributed by atoms with Gasteiger partial charge in [0, 0.05) is 29.0 Å². The number of hydrogen-bond donors (Lipinski definition) is 2. The van der Waals surface area contributed by atoms with Crippen LogP contribution >= 0.6 is 22.6 Å². The lowest BCUT2D eigenvalue weighted by molar-refractivity contribution is 0.380. The Hall–Kier alpha value is -1.83. The number of ether oxygens (including phenoxy) is 2. The first kappa shape index (κ1) is 15.7. The van der Waals surface area contributed by atoms with Crippen LogP contribution in [0.3, 0.4) is 0 Å². The summed E-state index contributed by atoms with van der Waals surface area (Å²) in [4.78, 5) is 0. The minimum atomic E-state index is 0.0862. The van der Waals surface area contributed by atoms with Gasteiger partial charge in [0.2, 0.25) is 11.8 Å². The van der Waals surface area contributed by atoms with Gasteiger partial charge in [-0.1, -0.05) is 12.2 Å². The van der Waals surface area contributed by atoms with Crippen LogP contribution in [0.2, 0.25) is 0 Å². The molecule has 0 amide bonds. The molecule has 126 valence electrons. The van der Waals surface area contributed by atoms with E-state index in [2.05, 4.69) is 34.7 Å². The van der Waals surface area contributed by atoms with Gasteiger partial charge in [0.15, 0.2) is 0 Å². The maximum atomic E-state index is 10.9. The Balaban J connectivity index is 1.98. The molecular weight excluding hydrogens is 421 g/mol. The van der Waals surface area contributed by atoms with E-state index in [1.807, 2.05) is 6.07 Å². The molecule has 5 rings (SSSR count). The van der Waals surface area contributed by atoms with Crippen molar-refractivity contribution in [2.75, 3.05) is 14.2 Å². The lowest BCUT2D eigenvalue weighted by Crippen LogP contribution is -2.15. The van der Waals surface area contributed by atoms with Crippen molar-refractivity contribution < 1.29 is 19.7 Å². The van der Waals surface area contributed by atoms with Gasteiger partial charge in [0.1, 0.15) is 11.5 Å². The minimum Gasteiger partial charge on any atom is -0.496 e. The van der Waals surface area contributed by atoms with Crippen LogP contribution in [-0.4, -0.2) is 29.0 Å². The molecule has 1 heterocycles. The van der Waals surface area contributed by atoms with Gasteiger partial charge in [-0.2, -0.15) is 0 Å². The number of hydrogen-bond acceptors (Lipinski definition) is 4. The molecule has 1 aromatic heterocycles. The molecule has 2 N–H and O–H groups in total. The van der Waals surface area contributed by atoms with E-state index in [1.54, 1.807) is 20.3 Å². The van der Waals surface area contributed by atoms with Gasteiger partial charge in [-0.3, -0.25) is 0 Å². The van der Waals surface area contributed by atoms with Gasteiger partial charge in [-0.25, -0.2) is 4.57 Å². The van der Waals surface area contributed by atoms with Gasteiger partial charge < -0.3 is 19.7 Å². The summed E-state index contributed by atoms with van der Waals surface area (Å²) in [5.41, 5.74) is 2.25. The average Bonchev–Trinajstić information content (AvgIpc) is 2.89. The molecule has 3 aliphatic carbocycles. The maximum Gasteiger partial charge on any atom is 0.202 e. The fourth-order valence-electron chi connectivity index (χ4n) is 3.86. The van der Waals surface area contributed by atoms with Crippen LogP contribution < -0.4 is 9.47 Å². The molecule has 0 saturated heterocycles. The Morgan fingerprint density at radius 2 is 1.50 bits per heavy atom. The van der Waals surface area contributed by atoms with E-state index in [0.717, 1.165) is 27.5 Å². The Kier molecular flexibility index (Phi) is 3.67. The Morgan fingerprint density at radius 3 is 1.96 bits per heavy atom. The van der Waals surface area contributed by atoms with Crippen molar-refractivity contribution in [3.8, 4) is 28.9 Å². The summed E-state index contributed by atoms with van der Waals surface area (Å²) in [7, 11) is 3.17. The third-order valence-electron chi connectivity index (χ3n) is 5.00. The summed E-state index contributed by atoms with van der Waals surface area (Å²) in [6.07, 6.45) is 6.26. The molecule has 1 aromatic carbocycles. The number of fused-ring (bicyclic) bond motifs is 1. The monoisotopic (exact) mass is 439 g/mol. The molecule has 0 radical (unpaired) electrons. The number of aromatic hydroxyl groups is 2. The molecule has 0 spiro atoms. The summed E-state index contributed by atoms with van der Waals surface area (Å²) in [6.45, 7) is 0.